The fourth-order valence-corrected chi connectivity index (χ4v) is 1.93. The normalized spacial score (nSPS) is 10.5. The fraction of sp³-hybridized carbons (Fsp3) is 0.385. The molecular formula is C13H17N5O3. The maximum atomic E-state index is 12.2. The number of amides is 1. The second-order valence-corrected chi connectivity index (χ2v) is 4.49. The van der Waals surface area contributed by atoms with E-state index in [4.69, 9.17) is 0 Å². The van der Waals surface area contributed by atoms with E-state index in [-0.39, 0.29) is 11.6 Å². The van der Waals surface area contributed by atoms with Crippen molar-refractivity contribution in [3.8, 4) is 0 Å². The zero-order valence-electron chi connectivity index (χ0n) is 12.4. The molecule has 8 heteroatoms. The third-order valence-electron chi connectivity index (χ3n) is 2.95. The second kappa shape index (κ2) is 5.78. The Balaban J connectivity index is 2.30. The summed E-state index contributed by atoms with van der Waals surface area (Å²) in [4.78, 5) is 23.9. The van der Waals surface area contributed by atoms with E-state index in [1.54, 1.807) is 30.9 Å². The highest BCUT2D eigenvalue weighted by Gasteiger charge is 2.20. The van der Waals surface area contributed by atoms with E-state index >= 15 is 0 Å². The molecule has 0 fully saturated rings. The molecule has 8 nitrogen and oxygen atoms in total. The smallest absolute Gasteiger partial charge is 0.360 e. The standard InChI is InChI=1S/C13H17N5O3/c1-5-18-7-9(11(16-18)13(20)21-4)14-12(19)10-6-8(2)15-17(10)3/h6-7H,5H2,1-4H3,(H,14,19). The molecule has 21 heavy (non-hydrogen) atoms. The van der Waals surface area contributed by atoms with Gasteiger partial charge >= 0.3 is 5.97 Å². The Kier molecular flexibility index (Phi) is 4.06. The first-order valence-electron chi connectivity index (χ1n) is 6.44. The van der Waals surface area contributed by atoms with Crippen LogP contribution in [0.1, 0.15) is 33.6 Å². The van der Waals surface area contributed by atoms with Gasteiger partial charge in [-0.05, 0) is 19.9 Å². The van der Waals surface area contributed by atoms with Gasteiger partial charge in [-0.25, -0.2) is 4.79 Å². The van der Waals surface area contributed by atoms with Crippen LogP contribution in [-0.2, 0) is 18.3 Å². The number of nitrogens with zero attached hydrogens (tertiary/aromatic N) is 4. The van der Waals surface area contributed by atoms with Gasteiger partial charge in [0.25, 0.3) is 5.91 Å². The average Bonchev–Trinajstić information content (AvgIpc) is 3.01. The summed E-state index contributed by atoms with van der Waals surface area (Å²) in [6.45, 7) is 4.25. The van der Waals surface area contributed by atoms with Crippen molar-refractivity contribution < 1.29 is 14.3 Å². The van der Waals surface area contributed by atoms with Crippen LogP contribution in [0.2, 0.25) is 0 Å². The van der Waals surface area contributed by atoms with Gasteiger partial charge < -0.3 is 10.1 Å². The molecule has 0 saturated carbocycles. The SMILES string of the molecule is CCn1cc(NC(=O)c2cc(C)nn2C)c(C(=O)OC)n1. The van der Waals surface area contributed by atoms with E-state index < -0.39 is 5.97 Å². The molecule has 2 rings (SSSR count). The van der Waals surface area contributed by atoms with Crippen molar-refractivity contribution in [2.75, 3.05) is 12.4 Å². The molecule has 0 saturated heterocycles. The quantitative estimate of drug-likeness (QED) is 0.848. The van der Waals surface area contributed by atoms with E-state index in [9.17, 15) is 9.59 Å². The summed E-state index contributed by atoms with van der Waals surface area (Å²) in [5, 5.41) is 10.9. The van der Waals surface area contributed by atoms with Gasteiger partial charge in [-0.15, -0.1) is 0 Å². The molecule has 0 aliphatic rings. The highest BCUT2D eigenvalue weighted by Crippen LogP contribution is 2.16. The van der Waals surface area contributed by atoms with Crippen molar-refractivity contribution in [2.45, 2.75) is 20.4 Å². The number of carbonyl (C=O) groups excluding carboxylic acids is 2. The Hall–Kier alpha value is -2.64. The number of aromatic nitrogens is 4. The van der Waals surface area contributed by atoms with Crippen molar-refractivity contribution in [1.82, 2.24) is 19.6 Å². The van der Waals surface area contributed by atoms with Crippen molar-refractivity contribution in [2.24, 2.45) is 7.05 Å². The highest BCUT2D eigenvalue weighted by atomic mass is 16.5. The minimum atomic E-state index is -0.598. The third kappa shape index (κ3) is 2.93. The lowest BCUT2D eigenvalue weighted by molar-refractivity contribution is 0.0594. The molecule has 0 unspecified atom stereocenters. The van der Waals surface area contributed by atoms with Crippen LogP contribution in [0.5, 0.6) is 0 Å². The van der Waals surface area contributed by atoms with Gasteiger partial charge in [-0.2, -0.15) is 10.2 Å². The number of hydrogen-bond acceptors (Lipinski definition) is 5. The number of rotatable bonds is 4. The maximum Gasteiger partial charge on any atom is 0.360 e. The molecule has 0 spiro atoms. The van der Waals surface area contributed by atoms with Gasteiger partial charge in [0.1, 0.15) is 5.69 Å². The van der Waals surface area contributed by atoms with Crippen LogP contribution < -0.4 is 5.32 Å². The molecule has 0 bridgehead atoms. The summed E-state index contributed by atoms with van der Waals surface area (Å²) in [6.07, 6.45) is 1.59. The van der Waals surface area contributed by atoms with Gasteiger partial charge in [0.2, 0.25) is 0 Å². The summed E-state index contributed by atoms with van der Waals surface area (Å²) in [7, 11) is 2.95. The molecule has 2 heterocycles. The molecule has 1 N–H and O–H groups in total. The Morgan fingerprint density at radius 1 is 1.38 bits per heavy atom. The molecule has 0 atom stereocenters. The summed E-state index contributed by atoms with van der Waals surface area (Å²) >= 11 is 0. The molecule has 112 valence electrons. The molecule has 0 aromatic carbocycles. The van der Waals surface area contributed by atoms with Crippen molar-refractivity contribution >= 4 is 17.6 Å². The largest absolute Gasteiger partial charge is 0.464 e. The predicted molar refractivity (Wildman–Crippen MR) is 75.1 cm³/mol. The lowest BCUT2D eigenvalue weighted by atomic mass is 10.3. The van der Waals surface area contributed by atoms with Crippen LogP contribution in [0, 0.1) is 6.92 Å². The summed E-state index contributed by atoms with van der Waals surface area (Å²) in [5.41, 5.74) is 1.52. The Morgan fingerprint density at radius 3 is 2.62 bits per heavy atom. The number of methoxy groups -OCH3 is 1. The zero-order chi connectivity index (χ0) is 15.6. The molecule has 2 aromatic rings. The van der Waals surface area contributed by atoms with E-state index in [1.807, 2.05) is 6.92 Å². The number of hydrogen-bond donors (Lipinski definition) is 1. The van der Waals surface area contributed by atoms with Gasteiger partial charge in [0.15, 0.2) is 5.69 Å². The number of aryl methyl sites for hydroxylation is 3. The molecular weight excluding hydrogens is 274 g/mol. The van der Waals surface area contributed by atoms with Crippen LogP contribution in [0.3, 0.4) is 0 Å². The summed E-state index contributed by atoms with van der Waals surface area (Å²) in [5.74, 6) is -0.961. The Morgan fingerprint density at radius 2 is 2.10 bits per heavy atom. The van der Waals surface area contributed by atoms with Crippen LogP contribution in [0.4, 0.5) is 5.69 Å². The molecule has 0 radical (unpaired) electrons. The summed E-state index contributed by atoms with van der Waals surface area (Å²) < 4.78 is 7.70. The number of nitrogens with one attached hydrogen (secondary N) is 1. The van der Waals surface area contributed by atoms with Gasteiger partial charge in [0, 0.05) is 19.8 Å². The lowest BCUT2D eigenvalue weighted by Crippen LogP contribution is -2.17. The molecule has 0 aliphatic heterocycles. The van der Waals surface area contributed by atoms with Crippen LogP contribution in [-0.4, -0.2) is 38.5 Å². The van der Waals surface area contributed by atoms with E-state index in [0.29, 0.717) is 17.9 Å². The van der Waals surface area contributed by atoms with Crippen LogP contribution in [0.25, 0.3) is 0 Å². The van der Waals surface area contributed by atoms with Crippen molar-refractivity contribution in [3.05, 3.63) is 29.3 Å². The Labute approximate surface area is 121 Å². The number of carbonyl (C=O) groups is 2. The number of ether oxygens (including phenoxy) is 1. The lowest BCUT2D eigenvalue weighted by Gasteiger charge is -2.04. The monoisotopic (exact) mass is 291 g/mol. The molecule has 2 aromatic heterocycles. The first-order chi connectivity index (χ1) is 9.96. The topological polar surface area (TPSA) is 91.0 Å². The minimum Gasteiger partial charge on any atom is -0.464 e. The third-order valence-corrected chi connectivity index (χ3v) is 2.95. The average molecular weight is 291 g/mol. The van der Waals surface area contributed by atoms with Crippen molar-refractivity contribution in [3.63, 3.8) is 0 Å². The first kappa shape index (κ1) is 14.8. The van der Waals surface area contributed by atoms with Crippen LogP contribution in [0.15, 0.2) is 12.3 Å². The van der Waals surface area contributed by atoms with Crippen molar-refractivity contribution in [1.29, 1.82) is 0 Å². The maximum absolute atomic E-state index is 12.2. The highest BCUT2D eigenvalue weighted by molar-refractivity contribution is 6.06. The second-order valence-electron chi connectivity index (χ2n) is 4.49. The number of esters is 1. The predicted octanol–water partition coefficient (Wildman–Crippen LogP) is 0.984. The van der Waals surface area contributed by atoms with E-state index in [0.717, 1.165) is 5.69 Å². The summed E-state index contributed by atoms with van der Waals surface area (Å²) in [6, 6.07) is 1.66. The molecule has 0 aliphatic carbocycles. The number of anilines is 1. The van der Waals surface area contributed by atoms with Gasteiger partial charge in [0.05, 0.1) is 18.5 Å². The van der Waals surface area contributed by atoms with E-state index in [2.05, 4.69) is 20.3 Å². The zero-order valence-corrected chi connectivity index (χ0v) is 12.4. The van der Waals surface area contributed by atoms with Crippen LogP contribution >= 0.6 is 0 Å². The fourth-order valence-electron chi connectivity index (χ4n) is 1.93. The van der Waals surface area contributed by atoms with Gasteiger partial charge in [-0.3, -0.25) is 14.2 Å². The first-order valence-corrected chi connectivity index (χ1v) is 6.44. The Bertz CT molecular complexity index is 686. The minimum absolute atomic E-state index is 0.0755. The molecule has 1 amide bonds. The van der Waals surface area contributed by atoms with Gasteiger partial charge in [-0.1, -0.05) is 0 Å². The van der Waals surface area contributed by atoms with E-state index in [1.165, 1.54) is 11.8 Å².